The number of amides is 1. The van der Waals surface area contributed by atoms with Gasteiger partial charge in [0.25, 0.3) is 0 Å². The highest BCUT2D eigenvalue weighted by Gasteiger charge is 2.17. The summed E-state index contributed by atoms with van der Waals surface area (Å²) in [6.45, 7) is 2.45. The maximum absolute atomic E-state index is 12.1. The first-order valence-corrected chi connectivity index (χ1v) is 7.51. The number of aliphatic carboxylic acids is 1. The normalized spacial score (nSPS) is 11.9. The van der Waals surface area contributed by atoms with Gasteiger partial charge in [0, 0.05) is 25.9 Å². The number of carboxylic acid groups (broad SMARTS) is 1. The number of carboxylic acids is 1. The van der Waals surface area contributed by atoms with Crippen LogP contribution >= 0.6 is 0 Å². The van der Waals surface area contributed by atoms with Crippen LogP contribution in [-0.2, 0) is 16.0 Å². The van der Waals surface area contributed by atoms with Crippen molar-refractivity contribution in [3.8, 4) is 0 Å². The van der Waals surface area contributed by atoms with Gasteiger partial charge in [-0.25, -0.2) is 0 Å². The fourth-order valence-electron chi connectivity index (χ4n) is 2.33. The van der Waals surface area contributed by atoms with Crippen molar-refractivity contribution in [2.24, 2.45) is 5.92 Å². The summed E-state index contributed by atoms with van der Waals surface area (Å²) in [7, 11) is 1.75. The molecule has 0 saturated carbocycles. The van der Waals surface area contributed by atoms with Gasteiger partial charge in [-0.3, -0.25) is 9.59 Å². The molecule has 1 rings (SSSR count). The lowest BCUT2D eigenvalue weighted by atomic mass is 10.00. The van der Waals surface area contributed by atoms with Crippen LogP contribution in [0.4, 0.5) is 0 Å². The van der Waals surface area contributed by atoms with Crippen molar-refractivity contribution in [3.63, 3.8) is 0 Å². The molecule has 116 valence electrons. The maximum atomic E-state index is 12.1. The third-order valence-electron chi connectivity index (χ3n) is 3.63. The minimum Gasteiger partial charge on any atom is -0.481 e. The van der Waals surface area contributed by atoms with E-state index in [0.717, 1.165) is 19.3 Å². The summed E-state index contributed by atoms with van der Waals surface area (Å²) in [5.74, 6) is -0.719. The van der Waals surface area contributed by atoms with Gasteiger partial charge in [-0.15, -0.1) is 0 Å². The molecule has 1 unspecified atom stereocenters. The molecule has 0 saturated heterocycles. The Morgan fingerprint density at radius 1 is 1.19 bits per heavy atom. The topological polar surface area (TPSA) is 57.6 Å². The van der Waals surface area contributed by atoms with E-state index in [1.165, 1.54) is 5.56 Å². The Hall–Kier alpha value is -1.84. The van der Waals surface area contributed by atoms with Crippen LogP contribution in [0.5, 0.6) is 0 Å². The molecular formula is C17H25NO3. The van der Waals surface area contributed by atoms with Crippen LogP contribution < -0.4 is 0 Å². The predicted octanol–water partition coefficient (Wildman–Crippen LogP) is 2.97. The second-order valence-electron chi connectivity index (χ2n) is 5.54. The smallest absolute Gasteiger partial charge is 0.303 e. The third-order valence-corrected chi connectivity index (χ3v) is 3.63. The Balaban J connectivity index is 2.25. The molecule has 0 heterocycles. The van der Waals surface area contributed by atoms with E-state index >= 15 is 0 Å². The average Bonchev–Trinajstić information content (AvgIpc) is 2.47. The van der Waals surface area contributed by atoms with Gasteiger partial charge >= 0.3 is 5.97 Å². The molecule has 0 aromatic heterocycles. The van der Waals surface area contributed by atoms with Crippen molar-refractivity contribution in [3.05, 3.63) is 35.9 Å². The third kappa shape index (κ3) is 6.93. The average molecular weight is 291 g/mol. The van der Waals surface area contributed by atoms with E-state index in [2.05, 4.69) is 12.1 Å². The van der Waals surface area contributed by atoms with Crippen molar-refractivity contribution >= 4 is 11.9 Å². The zero-order valence-electron chi connectivity index (χ0n) is 12.9. The SMILES string of the molecule is CC(CCCc1ccccc1)C(=O)N(C)CCCC(=O)O. The first-order chi connectivity index (χ1) is 10.0. The number of aryl methyl sites for hydroxylation is 1. The van der Waals surface area contributed by atoms with Crippen LogP contribution in [0, 0.1) is 5.92 Å². The summed E-state index contributed by atoms with van der Waals surface area (Å²) in [6.07, 6.45) is 3.45. The van der Waals surface area contributed by atoms with Gasteiger partial charge < -0.3 is 10.0 Å². The second-order valence-corrected chi connectivity index (χ2v) is 5.54. The molecule has 1 aromatic rings. The van der Waals surface area contributed by atoms with Gasteiger partial charge in [0.05, 0.1) is 0 Å². The molecule has 0 spiro atoms. The highest BCUT2D eigenvalue weighted by Crippen LogP contribution is 2.13. The number of hydrogen-bond donors (Lipinski definition) is 1. The van der Waals surface area contributed by atoms with Gasteiger partial charge in [0.2, 0.25) is 5.91 Å². The largest absolute Gasteiger partial charge is 0.481 e. The Bertz CT molecular complexity index is 445. The minimum absolute atomic E-state index is 0.0106. The molecule has 1 atom stereocenters. The molecule has 4 nitrogen and oxygen atoms in total. The van der Waals surface area contributed by atoms with Crippen molar-refractivity contribution in [1.29, 1.82) is 0 Å². The quantitative estimate of drug-likeness (QED) is 0.761. The van der Waals surface area contributed by atoms with Crippen LogP contribution in [0.2, 0.25) is 0 Å². The molecule has 0 aliphatic rings. The fourth-order valence-corrected chi connectivity index (χ4v) is 2.33. The van der Waals surface area contributed by atoms with Crippen molar-refractivity contribution in [2.75, 3.05) is 13.6 Å². The summed E-state index contributed by atoms with van der Waals surface area (Å²) < 4.78 is 0. The predicted molar refractivity (Wildman–Crippen MR) is 83.1 cm³/mol. The molecule has 21 heavy (non-hydrogen) atoms. The number of benzene rings is 1. The maximum Gasteiger partial charge on any atom is 0.303 e. The van der Waals surface area contributed by atoms with Gasteiger partial charge in [-0.2, -0.15) is 0 Å². The number of rotatable bonds is 9. The highest BCUT2D eigenvalue weighted by atomic mass is 16.4. The number of carbonyl (C=O) groups is 2. The number of nitrogens with zero attached hydrogens (tertiary/aromatic N) is 1. The van der Waals surface area contributed by atoms with Gasteiger partial charge in [-0.1, -0.05) is 37.3 Å². The molecule has 0 radical (unpaired) electrons. The van der Waals surface area contributed by atoms with E-state index in [-0.39, 0.29) is 18.2 Å². The summed E-state index contributed by atoms with van der Waals surface area (Å²) in [5, 5.41) is 8.60. The lowest BCUT2D eigenvalue weighted by Crippen LogP contribution is -2.32. The summed E-state index contributed by atoms with van der Waals surface area (Å²) >= 11 is 0. The lowest BCUT2D eigenvalue weighted by molar-refractivity contribution is -0.138. The van der Waals surface area contributed by atoms with E-state index in [9.17, 15) is 9.59 Å². The van der Waals surface area contributed by atoms with Crippen LogP contribution in [0.1, 0.15) is 38.2 Å². The molecule has 0 fully saturated rings. The summed E-state index contributed by atoms with van der Waals surface area (Å²) in [5.41, 5.74) is 1.30. The van der Waals surface area contributed by atoms with E-state index < -0.39 is 5.97 Å². The zero-order valence-corrected chi connectivity index (χ0v) is 12.9. The molecule has 0 bridgehead atoms. The first kappa shape index (κ1) is 17.2. The molecule has 1 amide bonds. The molecule has 1 N–H and O–H groups in total. The van der Waals surface area contributed by atoms with E-state index in [1.807, 2.05) is 25.1 Å². The summed E-state index contributed by atoms with van der Waals surface area (Å²) in [6, 6.07) is 10.3. The van der Waals surface area contributed by atoms with E-state index in [4.69, 9.17) is 5.11 Å². The van der Waals surface area contributed by atoms with Gasteiger partial charge in [-0.05, 0) is 31.2 Å². The second kappa shape index (κ2) is 9.16. The Kier molecular flexibility index (Phi) is 7.51. The molecule has 1 aromatic carbocycles. The number of hydrogen-bond acceptors (Lipinski definition) is 2. The molecule has 0 aliphatic heterocycles. The van der Waals surface area contributed by atoms with Crippen LogP contribution in [-0.4, -0.2) is 35.5 Å². The van der Waals surface area contributed by atoms with Crippen LogP contribution in [0.3, 0.4) is 0 Å². The van der Waals surface area contributed by atoms with Crippen molar-refractivity contribution in [2.45, 2.75) is 39.0 Å². The van der Waals surface area contributed by atoms with Gasteiger partial charge in [0.15, 0.2) is 0 Å². The van der Waals surface area contributed by atoms with Crippen molar-refractivity contribution in [1.82, 2.24) is 4.90 Å². The Morgan fingerprint density at radius 3 is 2.48 bits per heavy atom. The Morgan fingerprint density at radius 2 is 1.86 bits per heavy atom. The standard InChI is InChI=1S/C17H25NO3/c1-14(8-6-11-15-9-4-3-5-10-15)17(21)18(2)13-7-12-16(19)20/h3-5,9-10,14H,6-8,11-13H2,1-2H3,(H,19,20). The lowest BCUT2D eigenvalue weighted by Gasteiger charge is -2.21. The fraction of sp³-hybridized carbons (Fsp3) is 0.529. The number of carbonyl (C=O) groups excluding carboxylic acids is 1. The first-order valence-electron chi connectivity index (χ1n) is 7.51. The van der Waals surface area contributed by atoms with Crippen LogP contribution in [0.15, 0.2) is 30.3 Å². The Labute approximate surface area is 126 Å². The van der Waals surface area contributed by atoms with Crippen molar-refractivity contribution < 1.29 is 14.7 Å². The molecular weight excluding hydrogens is 266 g/mol. The zero-order chi connectivity index (χ0) is 15.7. The minimum atomic E-state index is -0.813. The summed E-state index contributed by atoms with van der Waals surface area (Å²) in [4.78, 5) is 24.2. The van der Waals surface area contributed by atoms with E-state index in [0.29, 0.717) is 13.0 Å². The van der Waals surface area contributed by atoms with Crippen LogP contribution in [0.25, 0.3) is 0 Å². The molecule has 4 heteroatoms. The highest BCUT2D eigenvalue weighted by molar-refractivity contribution is 5.78. The monoisotopic (exact) mass is 291 g/mol. The van der Waals surface area contributed by atoms with Gasteiger partial charge in [0.1, 0.15) is 0 Å². The van der Waals surface area contributed by atoms with E-state index in [1.54, 1.807) is 11.9 Å². The molecule has 0 aliphatic carbocycles.